The van der Waals surface area contributed by atoms with Gasteiger partial charge in [-0.2, -0.15) is 0 Å². The predicted molar refractivity (Wildman–Crippen MR) is 52.7 cm³/mol. The lowest BCUT2D eigenvalue weighted by atomic mass is 10.2. The maximum absolute atomic E-state index is 8.79. The summed E-state index contributed by atoms with van der Waals surface area (Å²) in [5, 5.41) is 8.79. The summed E-state index contributed by atoms with van der Waals surface area (Å²) in [5.74, 6) is 0.829. The van der Waals surface area contributed by atoms with Crippen LogP contribution in [0, 0.1) is 0 Å². The molecule has 0 bridgehead atoms. The third kappa shape index (κ3) is 3.30. The van der Waals surface area contributed by atoms with E-state index in [1.165, 1.54) is 0 Å². The van der Waals surface area contributed by atoms with E-state index in [0.717, 1.165) is 11.3 Å². The molecule has 0 heterocycles. The van der Waals surface area contributed by atoms with Gasteiger partial charge in [-0.3, -0.25) is 0 Å². The zero-order chi connectivity index (χ0) is 9.52. The van der Waals surface area contributed by atoms with Crippen LogP contribution in [0.5, 0.6) is 5.75 Å². The smallest absolute Gasteiger partial charge is 0.119 e. The summed E-state index contributed by atoms with van der Waals surface area (Å²) in [5.41, 5.74) is 0.901. The highest BCUT2D eigenvalue weighted by molar-refractivity contribution is 5.26. The molecule has 0 aromatic heterocycles. The van der Waals surface area contributed by atoms with E-state index in [1.807, 2.05) is 43.3 Å². The topological polar surface area (TPSA) is 29.5 Å². The number of ether oxygens (including phenoxy) is 1. The van der Waals surface area contributed by atoms with Crippen molar-refractivity contribution in [3.63, 3.8) is 0 Å². The largest absolute Gasteiger partial charge is 0.490 e. The number of hydrogen-bond acceptors (Lipinski definition) is 2. The molecule has 0 spiro atoms. The quantitative estimate of drug-likeness (QED) is 0.716. The molecule has 13 heavy (non-hydrogen) atoms. The minimum Gasteiger partial charge on any atom is -0.490 e. The summed E-state index contributed by atoms with van der Waals surface area (Å²) in [7, 11) is 0. The van der Waals surface area contributed by atoms with Gasteiger partial charge < -0.3 is 9.84 Å². The highest BCUT2D eigenvalue weighted by Gasteiger charge is 1.92. The van der Waals surface area contributed by atoms with E-state index in [-0.39, 0.29) is 6.61 Å². The van der Waals surface area contributed by atoms with Crippen LogP contribution in [-0.4, -0.2) is 11.7 Å². The summed E-state index contributed by atoms with van der Waals surface area (Å²) in [6.07, 6.45) is 3.89. The first-order chi connectivity index (χ1) is 6.36. The molecule has 1 N–H and O–H groups in total. The van der Waals surface area contributed by atoms with E-state index in [0.29, 0.717) is 6.61 Å². The molecular weight excluding hydrogens is 164 g/mol. The zero-order valence-electron chi connectivity index (χ0n) is 7.73. The van der Waals surface area contributed by atoms with Crippen molar-refractivity contribution in [1.82, 2.24) is 0 Å². The van der Waals surface area contributed by atoms with E-state index < -0.39 is 0 Å². The van der Waals surface area contributed by atoms with Gasteiger partial charge in [-0.1, -0.05) is 24.3 Å². The van der Waals surface area contributed by atoms with Crippen LogP contribution in [0.1, 0.15) is 12.5 Å². The second-order valence-corrected chi connectivity index (χ2v) is 2.68. The van der Waals surface area contributed by atoms with Gasteiger partial charge in [-0.15, -0.1) is 0 Å². The number of allylic oxidation sites excluding steroid dienone is 1. The fraction of sp³-hybridized carbons (Fsp3) is 0.273. The Hall–Kier alpha value is -1.28. The fourth-order valence-electron chi connectivity index (χ4n) is 0.932. The van der Waals surface area contributed by atoms with E-state index in [4.69, 9.17) is 9.84 Å². The van der Waals surface area contributed by atoms with E-state index in [1.54, 1.807) is 0 Å². The van der Waals surface area contributed by atoms with Gasteiger partial charge in [0.1, 0.15) is 12.4 Å². The van der Waals surface area contributed by atoms with Crippen molar-refractivity contribution in [3.8, 4) is 5.75 Å². The second-order valence-electron chi connectivity index (χ2n) is 2.68. The highest BCUT2D eigenvalue weighted by Crippen LogP contribution is 2.11. The monoisotopic (exact) mass is 178 g/mol. The highest BCUT2D eigenvalue weighted by atomic mass is 16.5. The molecule has 0 saturated heterocycles. The Morgan fingerprint density at radius 1 is 1.31 bits per heavy atom. The maximum atomic E-state index is 8.79. The number of rotatable bonds is 4. The molecule has 70 valence electrons. The molecule has 0 fully saturated rings. The summed E-state index contributed by atoms with van der Waals surface area (Å²) < 4.78 is 5.38. The van der Waals surface area contributed by atoms with Gasteiger partial charge in [0, 0.05) is 0 Å². The summed E-state index contributed by atoms with van der Waals surface area (Å²) in [4.78, 5) is 0. The van der Waals surface area contributed by atoms with E-state index >= 15 is 0 Å². The molecule has 2 nitrogen and oxygen atoms in total. The normalized spacial score (nSPS) is 10.6. The van der Waals surface area contributed by atoms with E-state index in [9.17, 15) is 0 Å². The number of aliphatic hydroxyl groups excluding tert-OH is 1. The van der Waals surface area contributed by atoms with Crippen molar-refractivity contribution in [1.29, 1.82) is 0 Å². The molecule has 1 aromatic carbocycles. The zero-order valence-corrected chi connectivity index (χ0v) is 7.73. The lowest BCUT2D eigenvalue weighted by Crippen LogP contribution is -1.93. The summed E-state index contributed by atoms with van der Waals surface area (Å²) in [6, 6.07) is 7.42. The Morgan fingerprint density at radius 2 is 2.00 bits per heavy atom. The van der Waals surface area contributed by atoms with Gasteiger partial charge in [0.05, 0.1) is 6.61 Å². The van der Waals surface area contributed by atoms with Crippen LogP contribution in [0.25, 0.3) is 0 Å². The van der Waals surface area contributed by atoms with Gasteiger partial charge in [-0.05, 0) is 24.6 Å². The maximum Gasteiger partial charge on any atom is 0.119 e. The first-order valence-corrected chi connectivity index (χ1v) is 4.30. The molecule has 1 aromatic rings. The minimum atomic E-state index is 0.0785. The molecule has 0 aliphatic carbocycles. The van der Waals surface area contributed by atoms with Crippen LogP contribution >= 0.6 is 0 Å². The molecule has 2 heteroatoms. The molecule has 0 aliphatic heterocycles. The minimum absolute atomic E-state index is 0.0785. The Balaban J connectivity index is 2.49. The molecular formula is C11H14O2. The van der Waals surface area contributed by atoms with Crippen LogP contribution < -0.4 is 4.74 Å². The standard InChI is InChI=1S/C11H14O2/c1-2-3-8-13-11-6-4-10(9-12)5-7-11/h2-7,12H,8-9H2,1H3/b3-2+. The average molecular weight is 178 g/mol. The Kier molecular flexibility index (Phi) is 4.06. The summed E-state index contributed by atoms with van der Waals surface area (Å²) >= 11 is 0. The van der Waals surface area contributed by atoms with Crippen molar-refractivity contribution >= 4 is 0 Å². The van der Waals surface area contributed by atoms with Gasteiger partial charge in [0.2, 0.25) is 0 Å². The van der Waals surface area contributed by atoms with Gasteiger partial charge >= 0.3 is 0 Å². The molecule has 1 rings (SSSR count). The second kappa shape index (κ2) is 5.38. The van der Waals surface area contributed by atoms with Crippen molar-refractivity contribution in [3.05, 3.63) is 42.0 Å². The molecule has 0 aliphatic rings. The van der Waals surface area contributed by atoms with Crippen molar-refractivity contribution < 1.29 is 9.84 Å². The predicted octanol–water partition coefficient (Wildman–Crippen LogP) is 2.13. The third-order valence-electron chi connectivity index (χ3n) is 1.69. The number of hydrogen-bond donors (Lipinski definition) is 1. The Labute approximate surface area is 78.5 Å². The van der Waals surface area contributed by atoms with Crippen LogP contribution in [0.15, 0.2) is 36.4 Å². The van der Waals surface area contributed by atoms with Crippen LogP contribution in [-0.2, 0) is 6.61 Å². The van der Waals surface area contributed by atoms with Crippen LogP contribution in [0.3, 0.4) is 0 Å². The van der Waals surface area contributed by atoms with Crippen molar-refractivity contribution in [2.24, 2.45) is 0 Å². The first-order valence-electron chi connectivity index (χ1n) is 4.30. The van der Waals surface area contributed by atoms with Gasteiger partial charge in [0.15, 0.2) is 0 Å². The number of benzene rings is 1. The molecule has 0 unspecified atom stereocenters. The van der Waals surface area contributed by atoms with Crippen LogP contribution in [0.2, 0.25) is 0 Å². The van der Waals surface area contributed by atoms with Gasteiger partial charge in [0.25, 0.3) is 0 Å². The lowest BCUT2D eigenvalue weighted by molar-refractivity contribution is 0.281. The molecule has 0 radical (unpaired) electrons. The third-order valence-corrected chi connectivity index (χ3v) is 1.69. The molecule has 0 atom stereocenters. The molecule has 0 saturated carbocycles. The van der Waals surface area contributed by atoms with E-state index in [2.05, 4.69) is 0 Å². The fourth-order valence-corrected chi connectivity index (χ4v) is 0.932. The number of aliphatic hydroxyl groups is 1. The van der Waals surface area contributed by atoms with Crippen LogP contribution in [0.4, 0.5) is 0 Å². The Bertz CT molecular complexity index is 262. The van der Waals surface area contributed by atoms with Gasteiger partial charge in [-0.25, -0.2) is 0 Å². The average Bonchev–Trinajstić information content (AvgIpc) is 2.19. The lowest BCUT2D eigenvalue weighted by Gasteiger charge is -2.03. The Morgan fingerprint density at radius 3 is 2.54 bits per heavy atom. The first kappa shape index (κ1) is 9.81. The van der Waals surface area contributed by atoms with Crippen molar-refractivity contribution in [2.45, 2.75) is 13.5 Å². The SMILES string of the molecule is C/C=C/COc1ccc(CO)cc1. The summed E-state index contributed by atoms with van der Waals surface area (Å²) in [6.45, 7) is 2.63. The van der Waals surface area contributed by atoms with Crippen molar-refractivity contribution in [2.75, 3.05) is 6.61 Å². The molecule has 0 amide bonds.